The van der Waals surface area contributed by atoms with Gasteiger partial charge in [-0.25, -0.2) is 4.39 Å². The highest BCUT2D eigenvalue weighted by Crippen LogP contribution is 2.31. The molecule has 0 aliphatic carbocycles. The van der Waals surface area contributed by atoms with E-state index in [0.29, 0.717) is 12.0 Å². The summed E-state index contributed by atoms with van der Waals surface area (Å²) in [6.07, 6.45) is 1.22. The summed E-state index contributed by atoms with van der Waals surface area (Å²) < 4.78 is 31.1. The van der Waals surface area contributed by atoms with Crippen LogP contribution in [0.4, 0.5) is 8.78 Å². The van der Waals surface area contributed by atoms with Crippen LogP contribution >= 0.6 is 0 Å². The van der Waals surface area contributed by atoms with Crippen molar-refractivity contribution in [3.05, 3.63) is 29.3 Å². The van der Waals surface area contributed by atoms with Crippen molar-refractivity contribution >= 4 is 0 Å². The first-order chi connectivity index (χ1) is 7.42. The van der Waals surface area contributed by atoms with Gasteiger partial charge in [0.05, 0.1) is 12.7 Å². The third kappa shape index (κ3) is 2.50. The zero-order chi connectivity index (χ0) is 12.3. The predicted molar refractivity (Wildman–Crippen MR) is 57.4 cm³/mol. The van der Waals surface area contributed by atoms with E-state index in [2.05, 4.69) is 0 Å². The number of benzene rings is 1. The summed E-state index contributed by atoms with van der Waals surface area (Å²) in [5.41, 5.74) is -0.846. The average molecular weight is 230 g/mol. The van der Waals surface area contributed by atoms with E-state index in [0.717, 1.165) is 12.5 Å². The van der Waals surface area contributed by atoms with Crippen molar-refractivity contribution in [3.63, 3.8) is 0 Å². The van der Waals surface area contributed by atoms with Crippen LogP contribution in [0, 0.1) is 11.6 Å². The number of ether oxygens (including phenoxy) is 1. The molecular weight excluding hydrogens is 214 g/mol. The molecule has 0 radical (unpaired) electrons. The Kier molecular flexibility index (Phi) is 3.86. The fraction of sp³-hybridized carbons (Fsp3) is 0.500. The zero-order valence-corrected chi connectivity index (χ0v) is 9.68. The van der Waals surface area contributed by atoms with Crippen molar-refractivity contribution in [2.45, 2.75) is 32.3 Å². The molecule has 2 nitrogen and oxygen atoms in total. The molecule has 4 heteroatoms. The van der Waals surface area contributed by atoms with Crippen molar-refractivity contribution in [2.75, 3.05) is 7.11 Å². The molecule has 1 rings (SSSR count). The summed E-state index contributed by atoms with van der Waals surface area (Å²) >= 11 is 0. The predicted octanol–water partition coefficient (Wildman–Crippen LogP) is 2.98. The molecule has 0 aliphatic heterocycles. The van der Waals surface area contributed by atoms with Crippen molar-refractivity contribution < 1.29 is 18.6 Å². The minimum atomic E-state index is -1.17. The van der Waals surface area contributed by atoms with E-state index in [9.17, 15) is 13.9 Å². The largest absolute Gasteiger partial charge is 0.494 e. The van der Waals surface area contributed by atoms with Gasteiger partial charge in [-0.3, -0.25) is 0 Å². The molecule has 0 heterocycles. The Morgan fingerprint density at radius 3 is 2.50 bits per heavy atom. The van der Waals surface area contributed by atoms with Crippen LogP contribution in [0.5, 0.6) is 5.75 Å². The van der Waals surface area contributed by atoms with E-state index in [4.69, 9.17) is 4.74 Å². The molecule has 90 valence electrons. The van der Waals surface area contributed by atoms with Crippen LogP contribution in [0.15, 0.2) is 12.1 Å². The maximum Gasteiger partial charge on any atom is 0.200 e. The molecule has 1 aromatic carbocycles. The van der Waals surface area contributed by atoms with Crippen LogP contribution in [-0.2, 0) is 5.60 Å². The van der Waals surface area contributed by atoms with Gasteiger partial charge in [-0.1, -0.05) is 13.3 Å². The summed E-state index contributed by atoms with van der Waals surface area (Å²) in [5, 5.41) is 10.1. The number of rotatable bonds is 4. The normalized spacial score (nSPS) is 14.6. The Balaban J connectivity index is 3.20. The second-order valence-corrected chi connectivity index (χ2v) is 4.00. The van der Waals surface area contributed by atoms with Gasteiger partial charge in [-0.15, -0.1) is 0 Å². The second kappa shape index (κ2) is 4.78. The molecule has 1 aromatic rings. The molecule has 0 saturated carbocycles. The highest BCUT2D eigenvalue weighted by atomic mass is 19.2. The lowest BCUT2D eigenvalue weighted by Gasteiger charge is -2.23. The van der Waals surface area contributed by atoms with Gasteiger partial charge in [0.25, 0.3) is 0 Å². The summed E-state index contributed by atoms with van der Waals surface area (Å²) in [6.45, 7) is 3.48. The molecule has 0 bridgehead atoms. The van der Waals surface area contributed by atoms with Gasteiger partial charge >= 0.3 is 0 Å². The standard InChI is InChI=1S/C12H16F2O2/c1-4-5-12(2,15)8-6-9(13)11(14)10(7-8)16-3/h6-7,15H,4-5H2,1-3H3. The van der Waals surface area contributed by atoms with Crippen LogP contribution in [0.1, 0.15) is 32.3 Å². The summed E-state index contributed by atoms with van der Waals surface area (Å²) in [6, 6.07) is 2.33. The van der Waals surface area contributed by atoms with Gasteiger partial charge in [0.15, 0.2) is 11.6 Å². The minimum Gasteiger partial charge on any atom is -0.494 e. The van der Waals surface area contributed by atoms with Crippen molar-refractivity contribution in [3.8, 4) is 5.75 Å². The number of halogens is 2. The minimum absolute atomic E-state index is 0.189. The fourth-order valence-electron chi connectivity index (χ4n) is 1.65. The van der Waals surface area contributed by atoms with Crippen LogP contribution in [0.2, 0.25) is 0 Å². The second-order valence-electron chi connectivity index (χ2n) is 4.00. The SMILES string of the molecule is CCCC(C)(O)c1cc(F)c(F)c(OC)c1. The van der Waals surface area contributed by atoms with E-state index in [1.165, 1.54) is 13.2 Å². The van der Waals surface area contributed by atoms with Crippen LogP contribution in [-0.4, -0.2) is 12.2 Å². The Labute approximate surface area is 93.9 Å². The first-order valence-electron chi connectivity index (χ1n) is 5.18. The molecule has 0 fully saturated rings. The fourth-order valence-corrected chi connectivity index (χ4v) is 1.65. The van der Waals surface area contributed by atoms with Gasteiger partial charge in [0.2, 0.25) is 5.82 Å². The molecule has 0 spiro atoms. The lowest BCUT2D eigenvalue weighted by molar-refractivity contribution is 0.0462. The molecular formula is C12H16F2O2. The first kappa shape index (κ1) is 12.9. The Morgan fingerprint density at radius 1 is 1.38 bits per heavy atom. The van der Waals surface area contributed by atoms with Crippen molar-refractivity contribution in [2.24, 2.45) is 0 Å². The molecule has 0 saturated heterocycles. The smallest absolute Gasteiger partial charge is 0.200 e. The third-order valence-electron chi connectivity index (χ3n) is 2.57. The summed E-state index contributed by atoms with van der Waals surface area (Å²) in [4.78, 5) is 0. The summed E-state index contributed by atoms with van der Waals surface area (Å²) in [5.74, 6) is -2.23. The highest BCUT2D eigenvalue weighted by molar-refractivity contribution is 5.34. The van der Waals surface area contributed by atoms with E-state index in [1.807, 2.05) is 6.92 Å². The van der Waals surface area contributed by atoms with Crippen LogP contribution in [0.25, 0.3) is 0 Å². The van der Waals surface area contributed by atoms with Gasteiger partial charge in [-0.2, -0.15) is 4.39 Å². The number of methoxy groups -OCH3 is 1. The summed E-state index contributed by atoms with van der Waals surface area (Å²) in [7, 11) is 1.26. The van der Waals surface area contributed by atoms with Gasteiger partial charge in [0, 0.05) is 0 Å². The lowest BCUT2D eigenvalue weighted by Crippen LogP contribution is -2.21. The van der Waals surface area contributed by atoms with E-state index in [-0.39, 0.29) is 5.75 Å². The quantitative estimate of drug-likeness (QED) is 0.861. The van der Waals surface area contributed by atoms with Crippen LogP contribution in [0.3, 0.4) is 0 Å². The Morgan fingerprint density at radius 2 is 2.00 bits per heavy atom. The molecule has 1 N–H and O–H groups in total. The zero-order valence-electron chi connectivity index (χ0n) is 9.68. The van der Waals surface area contributed by atoms with E-state index in [1.54, 1.807) is 6.92 Å². The monoisotopic (exact) mass is 230 g/mol. The third-order valence-corrected chi connectivity index (χ3v) is 2.57. The number of hydrogen-bond acceptors (Lipinski definition) is 2. The van der Waals surface area contributed by atoms with Gasteiger partial charge < -0.3 is 9.84 Å². The molecule has 0 aromatic heterocycles. The van der Waals surface area contributed by atoms with Crippen LogP contribution < -0.4 is 4.74 Å². The molecule has 1 unspecified atom stereocenters. The van der Waals surface area contributed by atoms with E-state index < -0.39 is 17.2 Å². The van der Waals surface area contributed by atoms with Gasteiger partial charge in [-0.05, 0) is 31.0 Å². The number of aliphatic hydroxyl groups is 1. The highest BCUT2D eigenvalue weighted by Gasteiger charge is 2.25. The number of hydrogen-bond donors (Lipinski definition) is 1. The molecule has 16 heavy (non-hydrogen) atoms. The molecule has 1 atom stereocenters. The van der Waals surface area contributed by atoms with Crippen molar-refractivity contribution in [1.29, 1.82) is 0 Å². The molecule has 0 aliphatic rings. The molecule has 0 amide bonds. The topological polar surface area (TPSA) is 29.5 Å². The first-order valence-corrected chi connectivity index (χ1v) is 5.18. The maximum atomic E-state index is 13.2. The Hall–Kier alpha value is -1.16. The average Bonchev–Trinajstić information content (AvgIpc) is 2.21. The maximum absolute atomic E-state index is 13.2. The van der Waals surface area contributed by atoms with Gasteiger partial charge in [0.1, 0.15) is 0 Å². The lowest BCUT2D eigenvalue weighted by atomic mass is 9.91. The van der Waals surface area contributed by atoms with E-state index >= 15 is 0 Å². The Bertz CT molecular complexity index is 376. The van der Waals surface area contributed by atoms with Crippen molar-refractivity contribution in [1.82, 2.24) is 0 Å².